The van der Waals surface area contributed by atoms with E-state index in [0.717, 1.165) is 18.4 Å². The zero-order chi connectivity index (χ0) is 23.9. The van der Waals surface area contributed by atoms with Gasteiger partial charge in [-0.1, -0.05) is 36.4 Å². The molecule has 9 heteroatoms. The van der Waals surface area contributed by atoms with Gasteiger partial charge < -0.3 is 26.2 Å². The Hall–Kier alpha value is -4.14. The van der Waals surface area contributed by atoms with E-state index in [1.54, 1.807) is 42.5 Å². The van der Waals surface area contributed by atoms with Crippen molar-refractivity contribution in [1.29, 1.82) is 0 Å². The minimum absolute atomic E-state index is 0.0805. The number of carbonyl (C=O) groups is 2. The number of carboxylic acids is 1. The third-order valence-electron chi connectivity index (χ3n) is 6.62. The number of nitrogen functional groups attached to an aromatic ring is 2. The fourth-order valence-corrected chi connectivity index (χ4v) is 4.94. The fraction of sp³-hybridized carbons (Fsp3) is 0.280. The van der Waals surface area contributed by atoms with Gasteiger partial charge in [-0.25, -0.2) is 4.79 Å². The molecule has 174 valence electrons. The molecule has 1 spiro atoms. The second kappa shape index (κ2) is 8.33. The SMILES string of the molecule is Nc1nc(N)c2c(n1)OC1(CCCN(C(=O)c3ccccc3-c3ccccc3C(=O)O)CC1)C2. The Labute approximate surface area is 196 Å². The molecule has 0 saturated carbocycles. The molecule has 1 saturated heterocycles. The van der Waals surface area contributed by atoms with Crippen LogP contribution < -0.4 is 16.2 Å². The number of carboxylic acid groups (broad SMARTS) is 1. The van der Waals surface area contributed by atoms with Crippen molar-refractivity contribution in [3.8, 4) is 17.0 Å². The van der Waals surface area contributed by atoms with E-state index in [9.17, 15) is 14.7 Å². The van der Waals surface area contributed by atoms with Crippen molar-refractivity contribution in [2.24, 2.45) is 0 Å². The molecule has 1 aromatic heterocycles. The second-order valence-corrected chi connectivity index (χ2v) is 8.75. The number of aromatic carboxylic acids is 1. The van der Waals surface area contributed by atoms with Crippen LogP contribution in [0.3, 0.4) is 0 Å². The Morgan fingerprint density at radius 3 is 2.35 bits per heavy atom. The average Bonchev–Trinajstić information content (AvgIpc) is 3.06. The van der Waals surface area contributed by atoms with Crippen LogP contribution in [0.15, 0.2) is 48.5 Å². The number of likely N-dealkylation sites (tertiary alicyclic amines) is 1. The third-order valence-corrected chi connectivity index (χ3v) is 6.62. The lowest BCUT2D eigenvalue weighted by molar-refractivity contribution is 0.0656. The summed E-state index contributed by atoms with van der Waals surface area (Å²) in [5.74, 6) is -0.317. The Morgan fingerprint density at radius 2 is 1.62 bits per heavy atom. The number of hydrogen-bond acceptors (Lipinski definition) is 7. The Morgan fingerprint density at radius 1 is 0.941 bits per heavy atom. The maximum absolute atomic E-state index is 13.6. The van der Waals surface area contributed by atoms with Crippen LogP contribution in [0.1, 0.15) is 45.5 Å². The predicted molar refractivity (Wildman–Crippen MR) is 127 cm³/mol. The van der Waals surface area contributed by atoms with Crippen LogP contribution in [0.5, 0.6) is 5.88 Å². The topological polar surface area (TPSA) is 145 Å². The van der Waals surface area contributed by atoms with E-state index >= 15 is 0 Å². The summed E-state index contributed by atoms with van der Waals surface area (Å²) in [6.07, 6.45) is 2.69. The van der Waals surface area contributed by atoms with Crippen LogP contribution in [-0.4, -0.2) is 50.5 Å². The lowest BCUT2D eigenvalue weighted by Crippen LogP contribution is -2.37. The Bertz CT molecular complexity index is 1290. The van der Waals surface area contributed by atoms with Crippen LogP contribution in [0.2, 0.25) is 0 Å². The molecule has 1 atom stereocenters. The van der Waals surface area contributed by atoms with Crippen molar-refractivity contribution >= 4 is 23.6 Å². The number of amides is 1. The lowest BCUT2D eigenvalue weighted by atomic mass is 9.90. The molecular formula is C25H25N5O4. The molecule has 2 aliphatic rings. The molecular weight excluding hydrogens is 434 g/mol. The standard InChI is InChI=1S/C25H25N5O4/c26-20-19-14-25(34-21(19)29-24(27)28-20)10-5-12-30(13-11-25)22(31)17-8-3-1-6-15(17)16-7-2-4-9-18(16)23(32)33/h1-4,6-9H,5,10-14H2,(H,32,33)(H4,26,27,28,29). The first-order chi connectivity index (χ1) is 16.4. The van der Waals surface area contributed by atoms with E-state index in [0.29, 0.717) is 54.3 Å². The van der Waals surface area contributed by atoms with E-state index < -0.39 is 11.6 Å². The van der Waals surface area contributed by atoms with E-state index in [4.69, 9.17) is 16.2 Å². The van der Waals surface area contributed by atoms with E-state index in [1.165, 1.54) is 0 Å². The number of anilines is 2. The highest BCUT2D eigenvalue weighted by Crippen LogP contribution is 2.42. The van der Waals surface area contributed by atoms with Gasteiger partial charge in [0.05, 0.1) is 11.1 Å². The first-order valence-electron chi connectivity index (χ1n) is 11.2. The zero-order valence-corrected chi connectivity index (χ0v) is 18.5. The number of aromatic nitrogens is 2. The van der Waals surface area contributed by atoms with Gasteiger partial charge >= 0.3 is 5.97 Å². The van der Waals surface area contributed by atoms with Gasteiger partial charge in [-0.3, -0.25) is 4.79 Å². The zero-order valence-electron chi connectivity index (χ0n) is 18.5. The van der Waals surface area contributed by atoms with E-state index in [2.05, 4.69) is 9.97 Å². The molecule has 5 rings (SSSR count). The summed E-state index contributed by atoms with van der Waals surface area (Å²) in [6.45, 7) is 1.06. The number of rotatable bonds is 3. The van der Waals surface area contributed by atoms with Crippen molar-refractivity contribution < 1.29 is 19.4 Å². The van der Waals surface area contributed by atoms with Gasteiger partial charge in [0, 0.05) is 31.5 Å². The Balaban J connectivity index is 1.40. The highest BCUT2D eigenvalue weighted by Gasteiger charge is 2.43. The predicted octanol–water partition coefficient (Wildman–Crippen LogP) is 3.01. The minimum Gasteiger partial charge on any atom is -0.478 e. The summed E-state index contributed by atoms with van der Waals surface area (Å²) >= 11 is 0. The molecule has 5 N–H and O–H groups in total. The number of hydrogen-bond donors (Lipinski definition) is 3. The highest BCUT2D eigenvalue weighted by molar-refractivity contribution is 6.04. The van der Waals surface area contributed by atoms with Gasteiger partial charge in [0.15, 0.2) is 0 Å². The van der Waals surface area contributed by atoms with Gasteiger partial charge in [0.2, 0.25) is 11.8 Å². The van der Waals surface area contributed by atoms with Gasteiger partial charge in [0.25, 0.3) is 5.91 Å². The van der Waals surface area contributed by atoms with Crippen LogP contribution in [0, 0.1) is 0 Å². The first-order valence-corrected chi connectivity index (χ1v) is 11.2. The molecule has 0 radical (unpaired) electrons. The monoisotopic (exact) mass is 459 g/mol. The minimum atomic E-state index is -1.03. The molecule has 2 aromatic carbocycles. The molecule has 2 aliphatic heterocycles. The van der Waals surface area contributed by atoms with E-state index in [1.807, 2.05) is 11.0 Å². The van der Waals surface area contributed by atoms with Crippen molar-refractivity contribution in [2.75, 3.05) is 24.6 Å². The number of benzene rings is 2. The Kier molecular flexibility index (Phi) is 5.31. The summed E-state index contributed by atoms with van der Waals surface area (Å²) < 4.78 is 6.23. The smallest absolute Gasteiger partial charge is 0.336 e. The third kappa shape index (κ3) is 3.79. The molecule has 0 bridgehead atoms. The highest BCUT2D eigenvalue weighted by atomic mass is 16.5. The van der Waals surface area contributed by atoms with Gasteiger partial charge in [-0.05, 0) is 36.1 Å². The number of nitrogens with two attached hydrogens (primary N) is 2. The average molecular weight is 460 g/mol. The van der Waals surface area contributed by atoms with Crippen LogP contribution >= 0.6 is 0 Å². The first kappa shape index (κ1) is 21.7. The largest absolute Gasteiger partial charge is 0.478 e. The van der Waals surface area contributed by atoms with Gasteiger partial charge in [-0.2, -0.15) is 9.97 Å². The summed E-state index contributed by atoms with van der Waals surface area (Å²) in [5.41, 5.74) is 13.8. The normalized spacial score (nSPS) is 19.4. The number of nitrogens with zero attached hydrogens (tertiary/aromatic N) is 3. The molecule has 0 aliphatic carbocycles. The number of ether oxygens (including phenoxy) is 1. The summed E-state index contributed by atoms with van der Waals surface area (Å²) in [7, 11) is 0. The summed E-state index contributed by atoms with van der Waals surface area (Å²) in [5, 5.41) is 9.64. The lowest BCUT2D eigenvalue weighted by Gasteiger charge is -2.27. The van der Waals surface area contributed by atoms with Crippen molar-refractivity contribution in [3.05, 3.63) is 65.2 Å². The maximum Gasteiger partial charge on any atom is 0.336 e. The molecule has 3 heterocycles. The molecule has 1 fully saturated rings. The molecule has 9 nitrogen and oxygen atoms in total. The molecule has 1 unspecified atom stereocenters. The van der Waals surface area contributed by atoms with Crippen LogP contribution in [-0.2, 0) is 6.42 Å². The molecule has 3 aromatic rings. The van der Waals surface area contributed by atoms with Crippen molar-refractivity contribution in [1.82, 2.24) is 14.9 Å². The van der Waals surface area contributed by atoms with Crippen LogP contribution in [0.25, 0.3) is 11.1 Å². The second-order valence-electron chi connectivity index (χ2n) is 8.75. The molecule has 1 amide bonds. The van der Waals surface area contributed by atoms with Gasteiger partial charge in [-0.15, -0.1) is 0 Å². The van der Waals surface area contributed by atoms with Gasteiger partial charge in [0.1, 0.15) is 11.4 Å². The quantitative estimate of drug-likeness (QED) is 0.542. The van der Waals surface area contributed by atoms with Crippen LogP contribution in [0.4, 0.5) is 11.8 Å². The maximum atomic E-state index is 13.6. The summed E-state index contributed by atoms with van der Waals surface area (Å²) in [4.78, 5) is 35.5. The number of fused-ring (bicyclic) bond motifs is 1. The number of carbonyl (C=O) groups excluding carboxylic acids is 1. The molecule has 34 heavy (non-hydrogen) atoms. The van der Waals surface area contributed by atoms with Crippen molar-refractivity contribution in [2.45, 2.75) is 31.3 Å². The summed E-state index contributed by atoms with van der Waals surface area (Å²) in [6, 6.07) is 13.9. The fourth-order valence-electron chi connectivity index (χ4n) is 4.94. The van der Waals surface area contributed by atoms with Crippen molar-refractivity contribution in [3.63, 3.8) is 0 Å². The van der Waals surface area contributed by atoms with E-state index in [-0.39, 0.29) is 17.4 Å².